The minimum absolute atomic E-state index is 0.294. The molecule has 0 saturated heterocycles. The van der Waals surface area contributed by atoms with E-state index in [9.17, 15) is 10.2 Å². The smallest absolute Gasteiger partial charge is 0.131 e. The summed E-state index contributed by atoms with van der Waals surface area (Å²) in [4.78, 5) is 0. The Bertz CT molecular complexity index is 1620. The van der Waals surface area contributed by atoms with Gasteiger partial charge in [0, 0.05) is 27.7 Å². The largest absolute Gasteiger partial charge is 0.507 e. The first kappa shape index (κ1) is 30.9. The maximum atomic E-state index is 11.9. The van der Waals surface area contributed by atoms with Crippen LogP contribution in [0.1, 0.15) is 57.1 Å². The quantitative estimate of drug-likeness (QED) is 0.155. The molecule has 6 rings (SSSR count). The van der Waals surface area contributed by atoms with Crippen molar-refractivity contribution in [2.75, 3.05) is 0 Å². The van der Waals surface area contributed by atoms with Gasteiger partial charge >= 0.3 is 0 Å². The fourth-order valence-corrected chi connectivity index (χ4v) is 6.95. The number of aromatic hydroxyl groups is 2. The zero-order valence-electron chi connectivity index (χ0n) is 26.8. The Morgan fingerprint density at radius 2 is 0.717 bits per heavy atom. The van der Waals surface area contributed by atoms with E-state index < -0.39 is 0 Å². The first-order valence-electron chi connectivity index (χ1n) is 16.5. The second-order valence-electron chi connectivity index (χ2n) is 12.2. The Balaban J connectivity index is 1.70. The summed E-state index contributed by atoms with van der Waals surface area (Å²) < 4.78 is 0. The fourth-order valence-electron chi connectivity index (χ4n) is 6.95. The molecule has 46 heavy (non-hydrogen) atoms. The van der Waals surface area contributed by atoms with Crippen LogP contribution in [0.5, 0.6) is 11.5 Å². The van der Waals surface area contributed by atoms with Crippen molar-refractivity contribution < 1.29 is 10.2 Å². The fraction of sp³-hybridized carbons (Fsp3) is 0.182. The van der Waals surface area contributed by atoms with Gasteiger partial charge in [0.1, 0.15) is 11.5 Å². The number of hydrogen-bond acceptors (Lipinski definition) is 2. The summed E-state index contributed by atoms with van der Waals surface area (Å²) in [6, 6.07) is 49.7. The molecule has 0 unspecified atom stereocenters. The Labute approximate surface area is 273 Å². The maximum Gasteiger partial charge on any atom is 0.131 e. The van der Waals surface area contributed by atoms with Crippen LogP contribution in [-0.2, 0) is 5.41 Å². The van der Waals surface area contributed by atoms with Gasteiger partial charge in [0.2, 0.25) is 0 Å². The van der Waals surface area contributed by atoms with Gasteiger partial charge in [-0.2, -0.15) is 0 Å². The summed E-state index contributed by atoms with van der Waals surface area (Å²) in [6.07, 6.45) is 4.96. The van der Waals surface area contributed by atoms with E-state index in [4.69, 9.17) is 0 Å². The number of phenols is 2. The topological polar surface area (TPSA) is 40.5 Å². The highest BCUT2D eigenvalue weighted by molar-refractivity contribution is 5.85. The molecular formula is C44H42O2. The van der Waals surface area contributed by atoms with Crippen molar-refractivity contribution in [3.8, 4) is 56.0 Å². The summed E-state index contributed by atoms with van der Waals surface area (Å²) in [5.41, 5.74) is 9.27. The van der Waals surface area contributed by atoms with Gasteiger partial charge in [-0.3, -0.25) is 0 Å². The lowest BCUT2D eigenvalue weighted by Gasteiger charge is -2.37. The van der Waals surface area contributed by atoms with Crippen LogP contribution in [0.25, 0.3) is 44.5 Å². The van der Waals surface area contributed by atoms with Gasteiger partial charge in [-0.15, -0.1) is 0 Å². The van der Waals surface area contributed by atoms with Crippen LogP contribution < -0.4 is 0 Å². The molecule has 0 aromatic heterocycles. The molecule has 0 radical (unpaired) electrons. The molecule has 0 bridgehead atoms. The molecule has 6 aromatic carbocycles. The second-order valence-corrected chi connectivity index (χ2v) is 12.2. The highest BCUT2D eigenvalue weighted by Gasteiger charge is 2.36. The molecule has 0 heterocycles. The number of benzene rings is 6. The lowest BCUT2D eigenvalue weighted by molar-refractivity contribution is 0.413. The van der Waals surface area contributed by atoms with Crippen LogP contribution in [0.15, 0.2) is 146 Å². The third-order valence-corrected chi connectivity index (χ3v) is 9.30. The van der Waals surface area contributed by atoms with Crippen molar-refractivity contribution >= 4 is 0 Å². The van der Waals surface area contributed by atoms with Gasteiger partial charge in [-0.05, 0) is 70.5 Å². The molecule has 230 valence electrons. The van der Waals surface area contributed by atoms with E-state index in [-0.39, 0.29) is 5.41 Å². The lowest BCUT2D eigenvalue weighted by atomic mass is 9.66. The van der Waals surface area contributed by atoms with E-state index in [2.05, 4.69) is 86.6 Å². The van der Waals surface area contributed by atoms with Crippen LogP contribution in [0, 0.1) is 0 Å². The lowest BCUT2D eigenvalue weighted by Crippen LogP contribution is -2.28. The van der Waals surface area contributed by atoms with Crippen molar-refractivity contribution in [1.82, 2.24) is 0 Å². The molecule has 0 spiro atoms. The van der Waals surface area contributed by atoms with Gasteiger partial charge in [0.25, 0.3) is 0 Å². The Morgan fingerprint density at radius 1 is 0.413 bits per heavy atom. The standard InChI is InChI=1S/C44H42O2/c1-3-5-27-44(26-4-2,36-28-38(32-18-10-6-11-19-32)42(45)39(29-36)33-20-12-7-13-21-33)37-30-40(34-22-14-8-15-23-34)43(46)41(31-37)35-24-16-9-17-25-35/h6-25,28-31,45-46H,3-5,26-27H2,1-2H3. The summed E-state index contributed by atoms with van der Waals surface area (Å²) in [5, 5.41) is 23.7. The molecule has 0 aliphatic rings. The zero-order valence-corrected chi connectivity index (χ0v) is 26.8. The van der Waals surface area contributed by atoms with Gasteiger partial charge in [0.15, 0.2) is 0 Å². The normalized spacial score (nSPS) is 11.4. The zero-order chi connectivity index (χ0) is 31.9. The number of unbranched alkanes of at least 4 members (excludes halogenated alkanes) is 1. The van der Waals surface area contributed by atoms with E-state index in [1.54, 1.807) is 0 Å². The van der Waals surface area contributed by atoms with Crippen LogP contribution in [0.2, 0.25) is 0 Å². The first-order valence-corrected chi connectivity index (χ1v) is 16.5. The predicted molar refractivity (Wildman–Crippen MR) is 193 cm³/mol. The van der Waals surface area contributed by atoms with Crippen LogP contribution in [0.4, 0.5) is 0 Å². The molecule has 2 nitrogen and oxygen atoms in total. The molecule has 2 N–H and O–H groups in total. The molecule has 0 aliphatic heterocycles. The first-order chi connectivity index (χ1) is 22.6. The van der Waals surface area contributed by atoms with Gasteiger partial charge in [-0.1, -0.05) is 154 Å². The van der Waals surface area contributed by atoms with Crippen molar-refractivity contribution in [2.24, 2.45) is 0 Å². The molecule has 0 fully saturated rings. The monoisotopic (exact) mass is 602 g/mol. The Hall–Kier alpha value is -5.08. The number of phenolic OH excluding ortho intramolecular Hbond substituents is 2. The third-order valence-electron chi connectivity index (χ3n) is 9.30. The highest BCUT2D eigenvalue weighted by atomic mass is 16.3. The van der Waals surface area contributed by atoms with E-state index >= 15 is 0 Å². The van der Waals surface area contributed by atoms with E-state index in [1.165, 1.54) is 11.1 Å². The summed E-state index contributed by atoms with van der Waals surface area (Å²) >= 11 is 0. The molecule has 0 saturated carbocycles. The molecule has 6 aromatic rings. The van der Waals surface area contributed by atoms with Gasteiger partial charge in [-0.25, -0.2) is 0 Å². The molecule has 0 amide bonds. The van der Waals surface area contributed by atoms with Gasteiger partial charge < -0.3 is 10.2 Å². The average Bonchev–Trinajstić information content (AvgIpc) is 3.12. The van der Waals surface area contributed by atoms with Crippen molar-refractivity contribution in [1.29, 1.82) is 0 Å². The Morgan fingerprint density at radius 3 is 0.978 bits per heavy atom. The molecule has 0 atom stereocenters. The van der Waals surface area contributed by atoms with Crippen LogP contribution in [-0.4, -0.2) is 10.2 Å². The maximum absolute atomic E-state index is 11.9. The summed E-state index contributed by atoms with van der Waals surface area (Å²) in [6.45, 7) is 4.51. The average molecular weight is 603 g/mol. The minimum atomic E-state index is -0.369. The third kappa shape index (κ3) is 6.08. The molecule has 0 aliphatic carbocycles. The predicted octanol–water partition coefficient (Wildman–Crippen LogP) is 12.0. The Kier molecular flexibility index (Phi) is 9.36. The SMILES string of the molecule is CCCCC(CCC)(c1cc(-c2ccccc2)c(O)c(-c2ccccc2)c1)c1cc(-c2ccccc2)c(O)c(-c2ccccc2)c1. The molecular weight excluding hydrogens is 560 g/mol. The second kappa shape index (κ2) is 13.9. The van der Waals surface area contributed by atoms with E-state index in [1.807, 2.05) is 72.8 Å². The summed E-state index contributed by atoms with van der Waals surface area (Å²) in [5.74, 6) is 0.588. The molecule has 2 heteroatoms. The van der Waals surface area contributed by atoms with Gasteiger partial charge in [0.05, 0.1) is 0 Å². The number of hydrogen-bond donors (Lipinski definition) is 2. The van der Waals surface area contributed by atoms with Crippen LogP contribution in [0.3, 0.4) is 0 Å². The minimum Gasteiger partial charge on any atom is -0.507 e. The highest BCUT2D eigenvalue weighted by Crippen LogP contribution is 2.50. The van der Waals surface area contributed by atoms with Crippen LogP contribution >= 0.6 is 0 Å². The van der Waals surface area contributed by atoms with Crippen molar-refractivity contribution in [2.45, 2.75) is 51.4 Å². The van der Waals surface area contributed by atoms with E-state index in [0.717, 1.165) is 76.6 Å². The van der Waals surface area contributed by atoms with Crippen molar-refractivity contribution in [3.63, 3.8) is 0 Å². The van der Waals surface area contributed by atoms with Crippen molar-refractivity contribution in [3.05, 3.63) is 157 Å². The number of rotatable bonds is 11. The van der Waals surface area contributed by atoms with E-state index in [0.29, 0.717) is 11.5 Å². The summed E-state index contributed by atoms with van der Waals surface area (Å²) in [7, 11) is 0.